The maximum absolute atomic E-state index is 4.66. The van der Waals surface area contributed by atoms with Crippen LogP contribution in [0.5, 0.6) is 0 Å². The Morgan fingerprint density at radius 1 is 0.792 bits per heavy atom. The monoisotopic (exact) mass is 323 g/mol. The van der Waals surface area contributed by atoms with E-state index in [4.69, 9.17) is 0 Å². The summed E-state index contributed by atoms with van der Waals surface area (Å²) in [5.74, 6) is 1.17. The second kappa shape index (κ2) is 6.77. The van der Waals surface area contributed by atoms with Gasteiger partial charge in [0.15, 0.2) is 0 Å². The van der Waals surface area contributed by atoms with E-state index < -0.39 is 0 Å². The number of para-hydroxylation sites is 1. The average molecular weight is 323 g/mol. The topological polar surface area (TPSA) is 35.5 Å². The molecule has 2 aromatic rings. The Kier molecular flexibility index (Phi) is 4.34. The van der Waals surface area contributed by atoms with Gasteiger partial charge in [0.2, 0.25) is 0 Å². The van der Waals surface area contributed by atoms with Crippen molar-refractivity contribution in [3.05, 3.63) is 47.9 Å². The number of fused-ring (bicyclic) bond motifs is 1. The second-order valence-electron chi connectivity index (χ2n) is 6.74. The molecule has 0 bridgehead atoms. The first-order valence-corrected chi connectivity index (χ1v) is 8.87. The van der Waals surface area contributed by atoms with E-state index in [0.717, 1.165) is 52.1 Å². The molecule has 5 heteroatoms. The molecule has 3 heterocycles. The van der Waals surface area contributed by atoms with Crippen molar-refractivity contribution in [2.24, 2.45) is 0 Å². The molecule has 126 valence electrons. The van der Waals surface area contributed by atoms with Gasteiger partial charge in [0, 0.05) is 56.9 Å². The lowest BCUT2D eigenvalue weighted by Gasteiger charge is -2.34. The SMILES string of the molecule is CN1CCN(c2ncnc3c2CCN(c2ccccc2)CC3)CC1. The molecule has 1 aromatic heterocycles. The van der Waals surface area contributed by atoms with E-state index in [9.17, 15) is 0 Å². The minimum atomic E-state index is 0.994. The lowest BCUT2D eigenvalue weighted by atomic mass is 10.1. The van der Waals surface area contributed by atoms with E-state index >= 15 is 0 Å². The van der Waals surface area contributed by atoms with Crippen molar-refractivity contribution in [3.63, 3.8) is 0 Å². The number of piperazine rings is 1. The zero-order valence-electron chi connectivity index (χ0n) is 14.4. The maximum Gasteiger partial charge on any atom is 0.135 e. The number of hydrogen-bond donors (Lipinski definition) is 0. The third kappa shape index (κ3) is 3.08. The largest absolute Gasteiger partial charge is 0.371 e. The van der Waals surface area contributed by atoms with Crippen molar-refractivity contribution >= 4 is 11.5 Å². The molecule has 0 saturated carbocycles. The summed E-state index contributed by atoms with van der Waals surface area (Å²) in [5, 5.41) is 0. The molecule has 0 spiro atoms. The standard InChI is InChI=1S/C19H25N5/c1-22-11-13-24(14-12-22)19-17-7-9-23(16-5-3-2-4-6-16)10-8-18(17)20-15-21-19/h2-6,15H,7-14H2,1H3. The minimum Gasteiger partial charge on any atom is -0.371 e. The highest BCUT2D eigenvalue weighted by atomic mass is 15.3. The van der Waals surface area contributed by atoms with Crippen LogP contribution in [0.1, 0.15) is 11.3 Å². The Morgan fingerprint density at radius 3 is 2.33 bits per heavy atom. The molecule has 0 aliphatic carbocycles. The van der Waals surface area contributed by atoms with Crippen molar-refractivity contribution in [1.29, 1.82) is 0 Å². The van der Waals surface area contributed by atoms with Gasteiger partial charge in [0.1, 0.15) is 12.1 Å². The van der Waals surface area contributed by atoms with E-state index in [2.05, 4.69) is 62.0 Å². The highest BCUT2D eigenvalue weighted by Gasteiger charge is 2.23. The van der Waals surface area contributed by atoms with Gasteiger partial charge < -0.3 is 14.7 Å². The van der Waals surface area contributed by atoms with Crippen LogP contribution in [-0.4, -0.2) is 61.2 Å². The Hall–Kier alpha value is -2.14. The van der Waals surface area contributed by atoms with Gasteiger partial charge in [0.25, 0.3) is 0 Å². The lowest BCUT2D eigenvalue weighted by Crippen LogP contribution is -2.45. The van der Waals surface area contributed by atoms with Gasteiger partial charge >= 0.3 is 0 Å². The number of anilines is 2. The number of rotatable bonds is 2. The van der Waals surface area contributed by atoms with Gasteiger partial charge in [-0.3, -0.25) is 0 Å². The Bertz CT molecular complexity index is 679. The summed E-state index contributed by atoms with van der Waals surface area (Å²) in [6.07, 6.45) is 3.77. The van der Waals surface area contributed by atoms with Gasteiger partial charge in [0.05, 0.1) is 5.69 Å². The summed E-state index contributed by atoms with van der Waals surface area (Å²) in [5.41, 5.74) is 3.90. The molecule has 1 saturated heterocycles. The average Bonchev–Trinajstić information content (AvgIpc) is 2.86. The molecule has 0 radical (unpaired) electrons. The van der Waals surface area contributed by atoms with Crippen LogP contribution in [0.3, 0.4) is 0 Å². The fourth-order valence-corrected chi connectivity index (χ4v) is 3.70. The molecule has 0 amide bonds. The summed E-state index contributed by atoms with van der Waals surface area (Å²) >= 11 is 0. The number of hydrogen-bond acceptors (Lipinski definition) is 5. The molecule has 5 nitrogen and oxygen atoms in total. The molecule has 0 atom stereocenters. The minimum absolute atomic E-state index is 0.994. The zero-order valence-corrected chi connectivity index (χ0v) is 14.4. The zero-order chi connectivity index (χ0) is 16.4. The van der Waals surface area contributed by atoms with E-state index in [0.29, 0.717) is 0 Å². The molecule has 0 N–H and O–H groups in total. The first-order valence-electron chi connectivity index (χ1n) is 8.87. The summed E-state index contributed by atoms with van der Waals surface area (Å²) in [6, 6.07) is 10.7. The van der Waals surface area contributed by atoms with Crippen LogP contribution in [0.25, 0.3) is 0 Å². The summed E-state index contributed by atoms with van der Waals surface area (Å²) in [7, 11) is 2.19. The molecule has 1 fully saturated rings. The van der Waals surface area contributed by atoms with Gasteiger partial charge in [-0.1, -0.05) is 18.2 Å². The first kappa shape index (κ1) is 15.4. The summed E-state index contributed by atoms with van der Waals surface area (Å²) < 4.78 is 0. The molecular formula is C19H25N5. The molecule has 24 heavy (non-hydrogen) atoms. The van der Waals surface area contributed by atoms with Crippen LogP contribution in [0.2, 0.25) is 0 Å². The number of benzene rings is 1. The van der Waals surface area contributed by atoms with Crippen molar-refractivity contribution in [2.75, 3.05) is 56.1 Å². The van der Waals surface area contributed by atoms with Crippen molar-refractivity contribution in [1.82, 2.24) is 14.9 Å². The smallest absolute Gasteiger partial charge is 0.135 e. The second-order valence-corrected chi connectivity index (χ2v) is 6.74. The number of aromatic nitrogens is 2. The third-order valence-electron chi connectivity index (χ3n) is 5.19. The van der Waals surface area contributed by atoms with E-state index in [1.165, 1.54) is 22.8 Å². The van der Waals surface area contributed by atoms with Crippen LogP contribution in [0, 0.1) is 0 Å². The van der Waals surface area contributed by atoms with Crippen LogP contribution in [-0.2, 0) is 12.8 Å². The first-order chi connectivity index (χ1) is 11.8. The summed E-state index contributed by atoms with van der Waals surface area (Å²) in [4.78, 5) is 16.6. The van der Waals surface area contributed by atoms with Crippen LogP contribution >= 0.6 is 0 Å². The van der Waals surface area contributed by atoms with Crippen LogP contribution in [0.4, 0.5) is 11.5 Å². The van der Waals surface area contributed by atoms with E-state index in [1.54, 1.807) is 6.33 Å². The van der Waals surface area contributed by atoms with E-state index in [1.807, 2.05) is 0 Å². The number of nitrogens with zero attached hydrogens (tertiary/aromatic N) is 5. The van der Waals surface area contributed by atoms with Crippen LogP contribution < -0.4 is 9.80 Å². The lowest BCUT2D eigenvalue weighted by molar-refractivity contribution is 0.311. The quantitative estimate of drug-likeness (QED) is 0.843. The highest BCUT2D eigenvalue weighted by molar-refractivity contribution is 5.52. The maximum atomic E-state index is 4.66. The molecule has 1 aromatic carbocycles. The highest BCUT2D eigenvalue weighted by Crippen LogP contribution is 2.26. The molecule has 2 aliphatic heterocycles. The predicted molar refractivity (Wildman–Crippen MR) is 97.8 cm³/mol. The van der Waals surface area contributed by atoms with Gasteiger partial charge in [-0.05, 0) is 25.6 Å². The molecule has 4 rings (SSSR count). The van der Waals surface area contributed by atoms with Gasteiger partial charge in [-0.25, -0.2) is 9.97 Å². The van der Waals surface area contributed by atoms with Crippen LogP contribution in [0.15, 0.2) is 36.7 Å². The Morgan fingerprint density at radius 2 is 1.54 bits per heavy atom. The number of likely N-dealkylation sites (N-methyl/N-ethyl adjacent to an activating group) is 1. The summed E-state index contributed by atoms with van der Waals surface area (Å²) in [6.45, 7) is 6.38. The van der Waals surface area contributed by atoms with Crippen molar-refractivity contribution < 1.29 is 0 Å². The van der Waals surface area contributed by atoms with Crippen molar-refractivity contribution in [3.8, 4) is 0 Å². The fourth-order valence-electron chi connectivity index (χ4n) is 3.70. The van der Waals surface area contributed by atoms with Crippen molar-refractivity contribution in [2.45, 2.75) is 12.8 Å². The predicted octanol–water partition coefficient (Wildman–Crippen LogP) is 1.83. The fraction of sp³-hybridized carbons (Fsp3) is 0.474. The molecular weight excluding hydrogens is 298 g/mol. The van der Waals surface area contributed by atoms with Gasteiger partial charge in [-0.15, -0.1) is 0 Å². The Labute approximate surface area is 143 Å². The Balaban J connectivity index is 1.56. The molecule has 2 aliphatic rings. The third-order valence-corrected chi connectivity index (χ3v) is 5.19. The van der Waals surface area contributed by atoms with Gasteiger partial charge in [-0.2, -0.15) is 0 Å². The molecule has 0 unspecified atom stereocenters. The normalized spacial score (nSPS) is 19.0. The van der Waals surface area contributed by atoms with E-state index in [-0.39, 0.29) is 0 Å².